The van der Waals surface area contributed by atoms with Crippen molar-refractivity contribution in [3.63, 3.8) is 0 Å². The fraction of sp³-hybridized carbons (Fsp3) is 0.471. The molecule has 24 heavy (non-hydrogen) atoms. The van der Waals surface area contributed by atoms with Crippen molar-refractivity contribution in [2.45, 2.75) is 13.3 Å². The van der Waals surface area contributed by atoms with Gasteiger partial charge in [0.05, 0.1) is 0 Å². The van der Waals surface area contributed by atoms with Gasteiger partial charge in [0.1, 0.15) is 0 Å². The molecule has 2 rings (SSSR count). The zero-order valence-corrected chi connectivity index (χ0v) is 14.0. The molecule has 1 fully saturated rings. The Morgan fingerprint density at radius 2 is 1.96 bits per heavy atom. The molecule has 1 aromatic carbocycles. The van der Waals surface area contributed by atoms with Crippen LogP contribution in [0, 0.1) is 6.92 Å². The Morgan fingerprint density at radius 3 is 2.54 bits per heavy atom. The molecule has 0 aliphatic carbocycles. The third-order valence-corrected chi connectivity index (χ3v) is 4.11. The van der Waals surface area contributed by atoms with Gasteiger partial charge in [-0.25, -0.2) is 0 Å². The minimum Gasteiger partial charge on any atom is -0.368 e. The third-order valence-electron chi connectivity index (χ3n) is 4.11. The summed E-state index contributed by atoms with van der Waals surface area (Å²) in [6.45, 7) is 4.81. The molecule has 1 aromatic rings. The van der Waals surface area contributed by atoms with Crippen LogP contribution in [0.25, 0.3) is 0 Å². The highest BCUT2D eigenvalue weighted by atomic mass is 16.2. The van der Waals surface area contributed by atoms with E-state index in [2.05, 4.69) is 11.0 Å². The van der Waals surface area contributed by atoms with Gasteiger partial charge in [0.25, 0.3) is 0 Å². The summed E-state index contributed by atoms with van der Waals surface area (Å²) in [5.74, 6) is -1.40. The molecule has 0 aromatic heterocycles. The molecular formula is C17H24N4O3. The SMILES string of the molecule is Cc1cccc(N2CCN(C(=O)C(=O)N(C=O)CCCN)CC2)c1. The number of imide groups is 1. The second-order valence-corrected chi connectivity index (χ2v) is 5.86. The van der Waals surface area contributed by atoms with Gasteiger partial charge < -0.3 is 15.5 Å². The number of hydrogen-bond acceptors (Lipinski definition) is 5. The normalized spacial score (nSPS) is 14.4. The maximum atomic E-state index is 12.3. The van der Waals surface area contributed by atoms with Crippen molar-refractivity contribution in [2.75, 3.05) is 44.2 Å². The molecule has 130 valence electrons. The molecular weight excluding hydrogens is 308 g/mol. The molecule has 7 nitrogen and oxygen atoms in total. The number of aryl methyl sites for hydroxylation is 1. The zero-order chi connectivity index (χ0) is 17.5. The molecule has 0 bridgehead atoms. The number of nitrogens with two attached hydrogens (primary N) is 1. The van der Waals surface area contributed by atoms with Crippen LogP contribution < -0.4 is 10.6 Å². The zero-order valence-electron chi connectivity index (χ0n) is 14.0. The molecule has 3 amide bonds. The largest absolute Gasteiger partial charge is 0.368 e. The van der Waals surface area contributed by atoms with E-state index in [9.17, 15) is 14.4 Å². The Morgan fingerprint density at radius 1 is 1.25 bits per heavy atom. The standard InChI is InChI=1S/C17H24N4O3/c1-14-4-2-5-15(12-14)19-8-10-20(11-9-19)16(23)17(24)21(13-22)7-3-6-18/h2,4-5,12-13H,3,6-11,18H2,1H3. The maximum absolute atomic E-state index is 12.3. The first-order valence-electron chi connectivity index (χ1n) is 8.13. The van der Waals surface area contributed by atoms with E-state index in [1.165, 1.54) is 10.5 Å². The van der Waals surface area contributed by atoms with Gasteiger partial charge in [-0.2, -0.15) is 0 Å². The highest BCUT2D eigenvalue weighted by Crippen LogP contribution is 2.18. The molecule has 0 atom stereocenters. The van der Waals surface area contributed by atoms with Crippen molar-refractivity contribution < 1.29 is 14.4 Å². The van der Waals surface area contributed by atoms with E-state index in [0.717, 1.165) is 10.6 Å². The number of piperazine rings is 1. The van der Waals surface area contributed by atoms with Crippen LogP contribution in [0.3, 0.4) is 0 Å². The molecule has 0 unspecified atom stereocenters. The van der Waals surface area contributed by atoms with Gasteiger partial charge in [-0.3, -0.25) is 19.3 Å². The Kier molecular flexibility index (Phi) is 6.31. The monoisotopic (exact) mass is 332 g/mol. The van der Waals surface area contributed by atoms with Crippen LogP contribution in [-0.4, -0.2) is 67.3 Å². The number of amides is 3. The molecule has 7 heteroatoms. The van der Waals surface area contributed by atoms with Crippen LogP contribution in [0.1, 0.15) is 12.0 Å². The lowest BCUT2D eigenvalue weighted by Crippen LogP contribution is -2.53. The van der Waals surface area contributed by atoms with Gasteiger partial charge in [-0.1, -0.05) is 12.1 Å². The summed E-state index contributed by atoms with van der Waals surface area (Å²) >= 11 is 0. The molecule has 1 aliphatic heterocycles. The summed E-state index contributed by atoms with van der Waals surface area (Å²) < 4.78 is 0. The minimum absolute atomic E-state index is 0.174. The quantitative estimate of drug-likeness (QED) is 0.605. The molecule has 1 heterocycles. The van der Waals surface area contributed by atoms with Gasteiger partial charge in [-0.05, 0) is 37.6 Å². The van der Waals surface area contributed by atoms with E-state index in [1.54, 1.807) is 0 Å². The average Bonchev–Trinajstić information content (AvgIpc) is 2.61. The summed E-state index contributed by atoms with van der Waals surface area (Å²) in [5.41, 5.74) is 7.68. The first-order valence-corrected chi connectivity index (χ1v) is 8.13. The predicted octanol–water partition coefficient (Wildman–Crippen LogP) is -0.0226. The highest BCUT2D eigenvalue weighted by molar-refractivity contribution is 6.36. The van der Waals surface area contributed by atoms with E-state index in [4.69, 9.17) is 5.73 Å². The van der Waals surface area contributed by atoms with Crippen LogP contribution in [0.2, 0.25) is 0 Å². The predicted molar refractivity (Wildman–Crippen MR) is 91.4 cm³/mol. The van der Waals surface area contributed by atoms with Gasteiger partial charge >= 0.3 is 11.8 Å². The number of rotatable bonds is 5. The molecule has 1 saturated heterocycles. The van der Waals surface area contributed by atoms with Gasteiger partial charge in [-0.15, -0.1) is 0 Å². The Balaban J connectivity index is 1.92. The second kappa shape index (κ2) is 8.44. The van der Waals surface area contributed by atoms with E-state index in [0.29, 0.717) is 45.6 Å². The van der Waals surface area contributed by atoms with Crippen LogP contribution >= 0.6 is 0 Å². The first kappa shape index (κ1) is 17.9. The number of hydrogen-bond donors (Lipinski definition) is 1. The number of carbonyl (C=O) groups excluding carboxylic acids is 3. The smallest absolute Gasteiger partial charge is 0.318 e. The van der Waals surface area contributed by atoms with Crippen molar-refractivity contribution in [3.05, 3.63) is 29.8 Å². The van der Waals surface area contributed by atoms with Crippen LogP contribution in [0.4, 0.5) is 5.69 Å². The van der Waals surface area contributed by atoms with Crippen LogP contribution in [0.15, 0.2) is 24.3 Å². The second-order valence-electron chi connectivity index (χ2n) is 5.86. The Bertz CT molecular complexity index is 597. The molecule has 0 spiro atoms. The maximum Gasteiger partial charge on any atom is 0.318 e. The number of nitrogens with zero attached hydrogens (tertiary/aromatic N) is 3. The third kappa shape index (κ3) is 4.32. The summed E-state index contributed by atoms with van der Waals surface area (Å²) in [6, 6.07) is 8.18. The van der Waals surface area contributed by atoms with E-state index in [1.807, 2.05) is 25.1 Å². The lowest BCUT2D eigenvalue weighted by Gasteiger charge is -2.36. The molecule has 1 aliphatic rings. The van der Waals surface area contributed by atoms with E-state index >= 15 is 0 Å². The molecule has 0 radical (unpaired) electrons. The van der Waals surface area contributed by atoms with Gasteiger partial charge in [0.15, 0.2) is 0 Å². The van der Waals surface area contributed by atoms with Crippen LogP contribution in [0.5, 0.6) is 0 Å². The number of anilines is 1. The summed E-state index contributed by atoms with van der Waals surface area (Å²) in [5, 5.41) is 0. The van der Waals surface area contributed by atoms with E-state index in [-0.39, 0.29) is 6.54 Å². The molecule has 0 saturated carbocycles. The van der Waals surface area contributed by atoms with Crippen molar-refractivity contribution >= 4 is 23.9 Å². The Labute approximate surface area is 142 Å². The first-order chi connectivity index (χ1) is 11.6. The van der Waals surface area contributed by atoms with Gasteiger partial charge in [0.2, 0.25) is 6.41 Å². The Hall–Kier alpha value is -2.41. The average molecular weight is 332 g/mol. The number of benzene rings is 1. The lowest BCUT2D eigenvalue weighted by atomic mass is 10.2. The summed E-state index contributed by atoms with van der Waals surface area (Å²) in [7, 11) is 0. The summed E-state index contributed by atoms with van der Waals surface area (Å²) in [6.07, 6.45) is 0.887. The fourth-order valence-electron chi connectivity index (χ4n) is 2.71. The van der Waals surface area contributed by atoms with Crippen molar-refractivity contribution in [2.24, 2.45) is 5.73 Å². The van der Waals surface area contributed by atoms with Crippen molar-refractivity contribution in [1.82, 2.24) is 9.80 Å². The minimum atomic E-state index is -0.776. The molecule has 2 N–H and O–H groups in total. The topological polar surface area (TPSA) is 87.0 Å². The highest BCUT2D eigenvalue weighted by Gasteiger charge is 2.29. The van der Waals surface area contributed by atoms with Gasteiger partial charge in [0, 0.05) is 38.4 Å². The number of carbonyl (C=O) groups is 3. The summed E-state index contributed by atoms with van der Waals surface area (Å²) in [4.78, 5) is 40.0. The fourth-order valence-corrected chi connectivity index (χ4v) is 2.71. The van der Waals surface area contributed by atoms with Crippen LogP contribution in [-0.2, 0) is 14.4 Å². The van der Waals surface area contributed by atoms with Crippen molar-refractivity contribution in [3.8, 4) is 0 Å². The lowest BCUT2D eigenvalue weighted by molar-refractivity contribution is -0.154. The van der Waals surface area contributed by atoms with Crippen molar-refractivity contribution in [1.29, 1.82) is 0 Å². The van der Waals surface area contributed by atoms with E-state index < -0.39 is 11.8 Å².